The second-order valence-electron chi connectivity index (χ2n) is 6.92. The predicted octanol–water partition coefficient (Wildman–Crippen LogP) is 0.300. The summed E-state index contributed by atoms with van der Waals surface area (Å²) in [5, 5.41) is 4.55. The monoisotopic (exact) mass is 370 g/mol. The first kappa shape index (κ1) is 17.4. The summed E-state index contributed by atoms with van der Waals surface area (Å²) in [4.78, 5) is 17.2. The summed E-state index contributed by atoms with van der Waals surface area (Å²) in [7, 11) is 0. The van der Waals surface area contributed by atoms with E-state index in [0.29, 0.717) is 36.6 Å². The van der Waals surface area contributed by atoms with Crippen LogP contribution < -0.4 is 21.6 Å². The highest BCUT2D eigenvalue weighted by Crippen LogP contribution is 2.24. The van der Waals surface area contributed by atoms with E-state index in [1.165, 1.54) is 12.1 Å². The first-order valence-corrected chi connectivity index (χ1v) is 8.58. The smallest absolute Gasteiger partial charge is 0.245 e. The van der Waals surface area contributed by atoms with Crippen molar-refractivity contribution in [2.75, 3.05) is 6.61 Å². The lowest BCUT2D eigenvalue weighted by Crippen LogP contribution is -2.54. The van der Waals surface area contributed by atoms with Gasteiger partial charge in [-0.05, 0) is 31.5 Å². The second-order valence-corrected chi connectivity index (χ2v) is 6.92. The summed E-state index contributed by atoms with van der Waals surface area (Å²) in [6.07, 6.45) is 0.358. The molecule has 1 aromatic carbocycles. The fourth-order valence-corrected chi connectivity index (χ4v) is 3.15. The maximum absolute atomic E-state index is 13.0. The van der Waals surface area contributed by atoms with Crippen LogP contribution in [0.2, 0.25) is 0 Å². The Morgan fingerprint density at radius 3 is 2.81 bits per heavy atom. The fraction of sp³-hybridized carbons (Fsp3) is 0.316. The van der Waals surface area contributed by atoms with Gasteiger partial charge in [-0.15, -0.1) is 5.10 Å². The van der Waals surface area contributed by atoms with Gasteiger partial charge in [0.25, 0.3) is 0 Å². The topological polar surface area (TPSA) is 77.7 Å². The van der Waals surface area contributed by atoms with Crippen LogP contribution in [0.4, 0.5) is 4.39 Å². The SMILES string of the molecule is C=c1c(=O)c(=C2NN=C(Cc3ccc(F)cc3)O2)nc2n1CCOC2(C)C. The van der Waals surface area contributed by atoms with E-state index in [0.717, 1.165) is 5.56 Å². The Kier molecular flexibility index (Phi) is 4.07. The lowest BCUT2D eigenvalue weighted by atomic mass is 10.1. The van der Waals surface area contributed by atoms with E-state index < -0.39 is 5.60 Å². The third kappa shape index (κ3) is 3.12. The van der Waals surface area contributed by atoms with Crippen molar-refractivity contribution in [3.8, 4) is 0 Å². The highest BCUT2D eigenvalue weighted by molar-refractivity contribution is 5.84. The fourth-order valence-electron chi connectivity index (χ4n) is 3.15. The predicted molar refractivity (Wildman–Crippen MR) is 97.4 cm³/mol. The van der Waals surface area contributed by atoms with Gasteiger partial charge in [0.05, 0.1) is 18.4 Å². The number of ether oxygens (including phenoxy) is 2. The molecule has 2 aromatic rings. The minimum Gasteiger partial charge on any atom is -0.421 e. The number of hydrogen-bond donors (Lipinski definition) is 1. The Morgan fingerprint density at radius 2 is 2.07 bits per heavy atom. The first-order valence-electron chi connectivity index (χ1n) is 8.58. The van der Waals surface area contributed by atoms with Crippen molar-refractivity contribution in [3.05, 3.63) is 62.4 Å². The van der Waals surface area contributed by atoms with Crippen LogP contribution in [-0.2, 0) is 28.0 Å². The third-order valence-corrected chi connectivity index (χ3v) is 4.58. The van der Waals surface area contributed by atoms with Crippen LogP contribution >= 0.6 is 0 Å². The summed E-state index contributed by atoms with van der Waals surface area (Å²) in [5.41, 5.74) is 2.59. The lowest BCUT2D eigenvalue weighted by Gasteiger charge is -2.32. The zero-order valence-electron chi connectivity index (χ0n) is 15.1. The van der Waals surface area contributed by atoms with Crippen molar-refractivity contribution < 1.29 is 13.9 Å². The highest BCUT2D eigenvalue weighted by atomic mass is 19.1. The summed E-state index contributed by atoms with van der Waals surface area (Å²) < 4.78 is 26.3. The normalized spacial score (nSPS) is 19.7. The number of hydrazone groups is 1. The summed E-state index contributed by atoms with van der Waals surface area (Å²) in [5.74, 6) is 0.826. The molecule has 0 fully saturated rings. The molecule has 8 heteroatoms. The van der Waals surface area contributed by atoms with Crippen molar-refractivity contribution >= 4 is 18.4 Å². The molecule has 140 valence electrons. The maximum Gasteiger partial charge on any atom is 0.245 e. The largest absolute Gasteiger partial charge is 0.421 e. The van der Waals surface area contributed by atoms with Gasteiger partial charge in [0.2, 0.25) is 17.2 Å². The van der Waals surface area contributed by atoms with Gasteiger partial charge in [0, 0.05) is 6.54 Å². The van der Waals surface area contributed by atoms with Gasteiger partial charge in [-0.2, -0.15) is 0 Å². The number of hydrogen-bond acceptors (Lipinski definition) is 6. The number of halogens is 1. The maximum atomic E-state index is 13.0. The van der Waals surface area contributed by atoms with Crippen molar-refractivity contribution in [1.29, 1.82) is 0 Å². The molecule has 0 atom stereocenters. The van der Waals surface area contributed by atoms with Gasteiger partial charge in [0.15, 0.2) is 5.35 Å². The molecule has 3 heterocycles. The van der Waals surface area contributed by atoms with E-state index >= 15 is 0 Å². The van der Waals surface area contributed by atoms with E-state index in [9.17, 15) is 9.18 Å². The quantitative estimate of drug-likeness (QED) is 0.823. The van der Waals surface area contributed by atoms with Crippen molar-refractivity contribution in [1.82, 2.24) is 15.0 Å². The second kappa shape index (κ2) is 6.31. The van der Waals surface area contributed by atoms with E-state index in [1.54, 1.807) is 16.7 Å². The van der Waals surface area contributed by atoms with Crippen LogP contribution in [-0.4, -0.2) is 22.1 Å². The van der Waals surface area contributed by atoms with Crippen molar-refractivity contribution in [3.63, 3.8) is 0 Å². The Morgan fingerprint density at radius 1 is 1.33 bits per heavy atom. The number of nitrogens with one attached hydrogen (secondary N) is 1. The molecule has 1 aromatic heterocycles. The zero-order chi connectivity index (χ0) is 19.2. The molecular formula is C19H19FN4O3. The number of rotatable bonds is 2. The van der Waals surface area contributed by atoms with Crippen LogP contribution in [0.1, 0.15) is 25.2 Å². The summed E-state index contributed by atoms with van der Waals surface area (Å²) >= 11 is 0. The zero-order valence-corrected chi connectivity index (χ0v) is 15.1. The van der Waals surface area contributed by atoms with Crippen LogP contribution in [0.3, 0.4) is 0 Å². The van der Waals surface area contributed by atoms with Crippen LogP contribution in [0.15, 0.2) is 34.2 Å². The minimum atomic E-state index is -0.649. The number of aromatic nitrogens is 2. The molecule has 4 rings (SSSR count). The van der Waals surface area contributed by atoms with Crippen molar-refractivity contribution in [2.45, 2.75) is 32.4 Å². The molecule has 7 nitrogen and oxygen atoms in total. The van der Waals surface area contributed by atoms with Crippen LogP contribution in [0.5, 0.6) is 0 Å². The highest BCUT2D eigenvalue weighted by Gasteiger charge is 2.31. The lowest BCUT2D eigenvalue weighted by molar-refractivity contribution is -0.0566. The molecule has 1 N–H and O–H groups in total. The molecule has 0 bridgehead atoms. The Bertz CT molecular complexity index is 1100. The summed E-state index contributed by atoms with van der Waals surface area (Å²) in [6, 6.07) is 6.05. The van der Waals surface area contributed by atoms with E-state index in [-0.39, 0.29) is 22.5 Å². The Labute approximate surface area is 154 Å². The molecule has 0 amide bonds. The van der Waals surface area contributed by atoms with Gasteiger partial charge in [0.1, 0.15) is 17.2 Å². The molecule has 0 radical (unpaired) electrons. The molecule has 0 spiro atoms. The van der Waals surface area contributed by atoms with Gasteiger partial charge in [-0.25, -0.2) is 14.8 Å². The number of fused-ring (bicyclic) bond motifs is 1. The van der Waals surface area contributed by atoms with Crippen LogP contribution in [0, 0.1) is 5.82 Å². The van der Waals surface area contributed by atoms with Crippen molar-refractivity contribution in [2.24, 2.45) is 5.10 Å². The Balaban J connectivity index is 1.71. The molecule has 0 aliphatic carbocycles. The molecule has 0 saturated heterocycles. The Hall–Kier alpha value is -3.00. The molecule has 2 aliphatic heterocycles. The van der Waals surface area contributed by atoms with E-state index in [2.05, 4.69) is 22.1 Å². The molecule has 0 saturated carbocycles. The van der Waals surface area contributed by atoms with E-state index in [4.69, 9.17) is 9.47 Å². The standard InChI is InChI=1S/C19H19FN4O3/c1-11-16(25)15(21-18-19(2,3)26-9-8-24(11)18)17-23-22-14(27-17)10-12-4-6-13(20)7-5-12/h4-7,23H,1,8-10H2,2-3H3. The van der Waals surface area contributed by atoms with E-state index in [1.807, 2.05) is 13.8 Å². The molecule has 2 aliphatic rings. The summed E-state index contributed by atoms with van der Waals surface area (Å²) in [6.45, 7) is 8.71. The number of benzene rings is 1. The molecule has 27 heavy (non-hydrogen) atoms. The van der Waals surface area contributed by atoms with Gasteiger partial charge in [-0.3, -0.25) is 4.79 Å². The minimum absolute atomic E-state index is 0.114. The molecule has 0 unspecified atom stereocenters. The average molecular weight is 370 g/mol. The first-order chi connectivity index (χ1) is 12.8. The van der Waals surface area contributed by atoms with Gasteiger partial charge >= 0.3 is 0 Å². The van der Waals surface area contributed by atoms with Gasteiger partial charge in [-0.1, -0.05) is 18.7 Å². The third-order valence-electron chi connectivity index (χ3n) is 4.58. The average Bonchev–Trinajstić information content (AvgIpc) is 3.08. The molecular weight excluding hydrogens is 351 g/mol. The van der Waals surface area contributed by atoms with Gasteiger partial charge < -0.3 is 14.0 Å². The number of nitrogens with zero attached hydrogens (tertiary/aromatic N) is 3. The van der Waals surface area contributed by atoms with Crippen LogP contribution in [0.25, 0.3) is 12.5 Å².